The smallest absolute Gasteiger partial charge is 0.351 e. The molecule has 1 aromatic rings. The Kier molecular flexibility index (Phi) is 4.47. The van der Waals surface area contributed by atoms with Gasteiger partial charge < -0.3 is 31.1 Å². The molecule has 1 fully saturated rings. The number of anilines is 1. The van der Waals surface area contributed by atoms with Gasteiger partial charge in [-0.25, -0.2) is 4.79 Å². The zero-order chi connectivity index (χ0) is 16.5. The van der Waals surface area contributed by atoms with E-state index >= 15 is 0 Å². The standard InChI is InChI=1S/C12H18N4O6/c1-12(21)9(19)6(5-17)22-10(12)16-3-2-8(15-11(16)20)14-4-7(13)18/h2-3,6,9-10,17,19,21H,4-5H2,1H3,(H2,13,18)(H,14,15,20)/t6-,9-,10-,12-/m1/s1. The number of ether oxygens (including phenoxy) is 1. The van der Waals surface area contributed by atoms with Crippen molar-refractivity contribution in [1.82, 2.24) is 9.55 Å². The quantitative estimate of drug-likeness (QED) is 0.388. The Hall–Kier alpha value is -2.01. The van der Waals surface area contributed by atoms with Crippen LogP contribution >= 0.6 is 0 Å². The number of rotatable bonds is 5. The van der Waals surface area contributed by atoms with Crippen molar-refractivity contribution in [2.24, 2.45) is 5.73 Å². The highest BCUT2D eigenvalue weighted by molar-refractivity contribution is 5.78. The SMILES string of the molecule is C[C@@]1(O)[C@H](O)[C@@H](CO)O[C@H]1n1ccc(NCC(N)=O)nc1=O. The number of aliphatic hydroxyl groups excluding tert-OH is 2. The van der Waals surface area contributed by atoms with E-state index in [9.17, 15) is 19.8 Å². The van der Waals surface area contributed by atoms with Crippen LogP contribution in [-0.2, 0) is 9.53 Å². The lowest BCUT2D eigenvalue weighted by Gasteiger charge is -2.27. The van der Waals surface area contributed by atoms with Crippen LogP contribution < -0.4 is 16.7 Å². The van der Waals surface area contributed by atoms with Crippen molar-refractivity contribution in [3.63, 3.8) is 0 Å². The van der Waals surface area contributed by atoms with Crippen LogP contribution in [0.25, 0.3) is 0 Å². The van der Waals surface area contributed by atoms with E-state index in [0.717, 1.165) is 4.57 Å². The monoisotopic (exact) mass is 314 g/mol. The van der Waals surface area contributed by atoms with Crippen molar-refractivity contribution < 1.29 is 24.9 Å². The number of nitrogens with one attached hydrogen (secondary N) is 1. The largest absolute Gasteiger partial charge is 0.394 e. The number of nitrogens with zero attached hydrogens (tertiary/aromatic N) is 2. The molecule has 2 heterocycles. The van der Waals surface area contributed by atoms with Gasteiger partial charge in [0, 0.05) is 6.20 Å². The average molecular weight is 314 g/mol. The van der Waals surface area contributed by atoms with Gasteiger partial charge in [0.25, 0.3) is 0 Å². The topological polar surface area (TPSA) is 160 Å². The molecule has 1 aliphatic rings. The summed E-state index contributed by atoms with van der Waals surface area (Å²) in [4.78, 5) is 26.4. The van der Waals surface area contributed by atoms with Gasteiger partial charge in [0.05, 0.1) is 13.2 Å². The zero-order valence-electron chi connectivity index (χ0n) is 11.8. The van der Waals surface area contributed by atoms with Crippen molar-refractivity contribution in [1.29, 1.82) is 0 Å². The fourth-order valence-corrected chi connectivity index (χ4v) is 2.26. The van der Waals surface area contributed by atoms with E-state index in [1.165, 1.54) is 19.2 Å². The first-order valence-electron chi connectivity index (χ1n) is 6.55. The Bertz CT molecular complexity index is 616. The van der Waals surface area contributed by atoms with Crippen molar-refractivity contribution >= 4 is 11.7 Å². The second-order valence-electron chi connectivity index (χ2n) is 5.20. The van der Waals surface area contributed by atoms with Gasteiger partial charge in [0.2, 0.25) is 5.91 Å². The van der Waals surface area contributed by atoms with Gasteiger partial charge in [-0.15, -0.1) is 0 Å². The van der Waals surface area contributed by atoms with Crippen LogP contribution in [0.2, 0.25) is 0 Å². The Labute approximate surface area is 125 Å². The minimum Gasteiger partial charge on any atom is -0.394 e. The number of nitrogens with two attached hydrogens (primary N) is 1. The number of amides is 1. The molecular weight excluding hydrogens is 296 g/mol. The molecule has 1 aromatic heterocycles. The van der Waals surface area contributed by atoms with Crippen LogP contribution in [0.1, 0.15) is 13.2 Å². The zero-order valence-corrected chi connectivity index (χ0v) is 11.8. The second kappa shape index (κ2) is 6.01. The summed E-state index contributed by atoms with van der Waals surface area (Å²) in [5.41, 5.74) is 2.44. The fourth-order valence-electron chi connectivity index (χ4n) is 2.26. The van der Waals surface area contributed by atoms with E-state index < -0.39 is 42.2 Å². The van der Waals surface area contributed by atoms with E-state index in [4.69, 9.17) is 15.6 Å². The lowest BCUT2D eigenvalue weighted by molar-refractivity contribution is -0.116. The minimum atomic E-state index is -1.78. The van der Waals surface area contributed by atoms with Crippen LogP contribution in [-0.4, -0.2) is 61.7 Å². The normalized spacial score (nSPS) is 31.2. The molecule has 0 bridgehead atoms. The number of aliphatic hydroxyl groups is 3. The van der Waals surface area contributed by atoms with Gasteiger partial charge in [0.1, 0.15) is 23.6 Å². The first-order chi connectivity index (χ1) is 10.3. The summed E-state index contributed by atoms with van der Waals surface area (Å²) in [6, 6.07) is 1.39. The average Bonchev–Trinajstić information content (AvgIpc) is 2.68. The van der Waals surface area contributed by atoms with Gasteiger partial charge in [-0.1, -0.05) is 0 Å². The summed E-state index contributed by atoms with van der Waals surface area (Å²) in [5.74, 6) is -0.473. The number of hydrogen-bond donors (Lipinski definition) is 5. The third-order valence-electron chi connectivity index (χ3n) is 3.46. The predicted octanol–water partition coefficient (Wildman–Crippen LogP) is -2.86. The summed E-state index contributed by atoms with van der Waals surface area (Å²) in [5, 5.41) is 31.9. The van der Waals surface area contributed by atoms with Crippen molar-refractivity contribution in [2.75, 3.05) is 18.5 Å². The molecule has 1 aliphatic heterocycles. The van der Waals surface area contributed by atoms with Crippen LogP contribution in [0.4, 0.5) is 5.82 Å². The van der Waals surface area contributed by atoms with Crippen molar-refractivity contribution in [3.05, 3.63) is 22.7 Å². The van der Waals surface area contributed by atoms with Gasteiger partial charge >= 0.3 is 5.69 Å². The van der Waals surface area contributed by atoms with E-state index in [0.29, 0.717) is 0 Å². The van der Waals surface area contributed by atoms with E-state index in [2.05, 4.69) is 10.3 Å². The number of hydrogen-bond acceptors (Lipinski definition) is 8. The molecular formula is C12H18N4O6. The molecule has 0 radical (unpaired) electrons. The molecule has 0 aromatic carbocycles. The number of carbonyl (C=O) groups is 1. The molecule has 6 N–H and O–H groups in total. The van der Waals surface area contributed by atoms with Gasteiger partial charge in [-0.2, -0.15) is 4.98 Å². The van der Waals surface area contributed by atoms with Crippen LogP contribution in [0.3, 0.4) is 0 Å². The maximum absolute atomic E-state index is 12.0. The summed E-state index contributed by atoms with van der Waals surface area (Å²) in [6.45, 7) is 0.608. The lowest BCUT2D eigenvalue weighted by Crippen LogP contribution is -2.46. The van der Waals surface area contributed by atoms with Gasteiger partial charge in [-0.3, -0.25) is 9.36 Å². The third kappa shape index (κ3) is 2.95. The van der Waals surface area contributed by atoms with Crippen molar-refractivity contribution in [3.8, 4) is 0 Å². The maximum atomic E-state index is 12.0. The molecule has 122 valence electrons. The first-order valence-corrected chi connectivity index (χ1v) is 6.55. The number of carbonyl (C=O) groups excluding carboxylic acids is 1. The van der Waals surface area contributed by atoms with Gasteiger partial charge in [0.15, 0.2) is 6.23 Å². The molecule has 1 saturated heterocycles. The third-order valence-corrected chi connectivity index (χ3v) is 3.46. The summed E-state index contributed by atoms with van der Waals surface area (Å²) >= 11 is 0. The molecule has 0 saturated carbocycles. The molecule has 0 spiro atoms. The van der Waals surface area contributed by atoms with E-state index in [-0.39, 0.29) is 12.4 Å². The first kappa shape index (κ1) is 16.4. The van der Waals surface area contributed by atoms with Crippen LogP contribution in [0, 0.1) is 0 Å². The maximum Gasteiger partial charge on any atom is 0.351 e. The second-order valence-corrected chi connectivity index (χ2v) is 5.20. The molecule has 22 heavy (non-hydrogen) atoms. The summed E-state index contributed by atoms with van der Waals surface area (Å²) < 4.78 is 6.32. The highest BCUT2D eigenvalue weighted by Gasteiger charge is 2.53. The lowest BCUT2D eigenvalue weighted by atomic mass is 9.96. The molecule has 2 rings (SSSR count). The van der Waals surface area contributed by atoms with E-state index in [1.807, 2.05) is 0 Å². The minimum absolute atomic E-state index is 0.136. The summed E-state index contributed by atoms with van der Waals surface area (Å²) in [7, 11) is 0. The molecule has 10 heteroatoms. The fraction of sp³-hybridized carbons (Fsp3) is 0.583. The molecule has 0 unspecified atom stereocenters. The Morgan fingerprint density at radius 2 is 2.32 bits per heavy atom. The molecule has 0 aliphatic carbocycles. The number of aromatic nitrogens is 2. The predicted molar refractivity (Wildman–Crippen MR) is 73.8 cm³/mol. The van der Waals surface area contributed by atoms with Gasteiger partial charge in [-0.05, 0) is 13.0 Å². The highest BCUT2D eigenvalue weighted by Crippen LogP contribution is 2.37. The summed E-state index contributed by atoms with van der Waals surface area (Å²) in [6.07, 6.45) is -2.28. The molecule has 1 amide bonds. The van der Waals surface area contributed by atoms with Crippen LogP contribution in [0.15, 0.2) is 17.1 Å². The number of primary amides is 1. The molecule has 10 nitrogen and oxygen atoms in total. The molecule has 4 atom stereocenters. The Morgan fingerprint density at radius 3 is 2.82 bits per heavy atom. The highest BCUT2D eigenvalue weighted by atomic mass is 16.6. The Morgan fingerprint density at radius 1 is 1.64 bits per heavy atom. The van der Waals surface area contributed by atoms with Crippen molar-refractivity contribution in [2.45, 2.75) is 31.0 Å². The van der Waals surface area contributed by atoms with Crippen LogP contribution in [0.5, 0.6) is 0 Å². The van der Waals surface area contributed by atoms with E-state index in [1.54, 1.807) is 0 Å². The Balaban J connectivity index is 2.26.